The van der Waals surface area contributed by atoms with Crippen LogP contribution >= 0.6 is 15.9 Å². The van der Waals surface area contributed by atoms with E-state index in [1.54, 1.807) is 17.1 Å². The van der Waals surface area contributed by atoms with E-state index >= 15 is 0 Å². The molecule has 1 saturated heterocycles. The van der Waals surface area contributed by atoms with Crippen molar-refractivity contribution < 1.29 is 5.11 Å². The summed E-state index contributed by atoms with van der Waals surface area (Å²) in [6.07, 6.45) is 6.67. The molecule has 3 aromatic rings. The zero-order chi connectivity index (χ0) is 16.6. The standard InChI is InChI=1S/C17H18BrN5O/c18-14-3-1-2-13-15(4-7-19-16(13)14)22-9-5-17(24,6-10-22)12-23-11-8-20-21-23/h1-4,7-8,11,24H,5-6,9-10,12H2. The molecule has 4 rings (SSSR count). The van der Waals surface area contributed by atoms with Gasteiger partial charge in [0.05, 0.1) is 23.9 Å². The molecule has 0 spiro atoms. The number of aliphatic hydroxyl groups is 1. The molecule has 7 heteroatoms. The summed E-state index contributed by atoms with van der Waals surface area (Å²) in [5.74, 6) is 0. The van der Waals surface area contributed by atoms with Gasteiger partial charge in [-0.15, -0.1) is 5.10 Å². The number of hydrogen-bond acceptors (Lipinski definition) is 5. The molecule has 3 heterocycles. The molecule has 0 saturated carbocycles. The highest BCUT2D eigenvalue weighted by Crippen LogP contribution is 2.33. The largest absolute Gasteiger partial charge is 0.388 e. The summed E-state index contributed by atoms with van der Waals surface area (Å²) in [4.78, 5) is 6.80. The van der Waals surface area contributed by atoms with Gasteiger partial charge in [0.2, 0.25) is 0 Å². The predicted octanol–water partition coefficient (Wildman–Crippen LogP) is 2.62. The molecule has 0 atom stereocenters. The summed E-state index contributed by atoms with van der Waals surface area (Å²) in [6, 6.07) is 8.18. The van der Waals surface area contributed by atoms with E-state index in [0.717, 1.165) is 28.5 Å². The second-order valence-corrected chi connectivity index (χ2v) is 7.13. The Balaban J connectivity index is 1.55. The Morgan fingerprint density at radius 3 is 2.75 bits per heavy atom. The van der Waals surface area contributed by atoms with Crippen LogP contribution < -0.4 is 4.90 Å². The molecule has 1 fully saturated rings. The summed E-state index contributed by atoms with van der Waals surface area (Å²) in [7, 11) is 0. The average Bonchev–Trinajstić information content (AvgIpc) is 3.08. The molecular formula is C17H18BrN5O. The van der Waals surface area contributed by atoms with Crippen LogP contribution in [-0.2, 0) is 6.54 Å². The molecule has 0 bridgehead atoms. The summed E-state index contributed by atoms with van der Waals surface area (Å²) < 4.78 is 2.70. The van der Waals surface area contributed by atoms with Crippen molar-refractivity contribution in [1.82, 2.24) is 20.0 Å². The summed E-state index contributed by atoms with van der Waals surface area (Å²) >= 11 is 3.57. The molecule has 1 aliphatic heterocycles. The van der Waals surface area contributed by atoms with Crippen molar-refractivity contribution in [2.24, 2.45) is 0 Å². The SMILES string of the molecule is OC1(Cn2ccnn2)CCN(c2ccnc3c(Br)cccc23)CC1. The highest BCUT2D eigenvalue weighted by molar-refractivity contribution is 9.10. The van der Waals surface area contributed by atoms with Crippen LogP contribution in [0.5, 0.6) is 0 Å². The van der Waals surface area contributed by atoms with E-state index in [0.29, 0.717) is 19.4 Å². The summed E-state index contributed by atoms with van der Waals surface area (Å²) in [5.41, 5.74) is 1.41. The first-order valence-corrected chi connectivity index (χ1v) is 8.79. The molecule has 24 heavy (non-hydrogen) atoms. The number of benzene rings is 1. The van der Waals surface area contributed by atoms with Crippen molar-refractivity contribution in [3.63, 3.8) is 0 Å². The van der Waals surface area contributed by atoms with Crippen molar-refractivity contribution in [2.45, 2.75) is 25.0 Å². The maximum Gasteiger partial charge on any atom is 0.0877 e. The number of rotatable bonds is 3. The molecule has 1 aromatic carbocycles. The fourth-order valence-electron chi connectivity index (χ4n) is 3.34. The Bertz CT molecular complexity index is 843. The van der Waals surface area contributed by atoms with Crippen LogP contribution in [-0.4, -0.2) is 43.8 Å². The van der Waals surface area contributed by atoms with Gasteiger partial charge in [0, 0.05) is 41.0 Å². The maximum absolute atomic E-state index is 10.8. The third kappa shape index (κ3) is 2.89. The number of para-hydroxylation sites is 1. The zero-order valence-electron chi connectivity index (χ0n) is 13.1. The highest BCUT2D eigenvalue weighted by atomic mass is 79.9. The first kappa shape index (κ1) is 15.5. The van der Waals surface area contributed by atoms with Gasteiger partial charge in [-0.1, -0.05) is 17.3 Å². The lowest BCUT2D eigenvalue weighted by molar-refractivity contribution is -0.00341. The molecule has 1 aliphatic rings. The lowest BCUT2D eigenvalue weighted by Gasteiger charge is -2.39. The van der Waals surface area contributed by atoms with Gasteiger partial charge in [0.1, 0.15) is 0 Å². The van der Waals surface area contributed by atoms with Crippen molar-refractivity contribution >= 4 is 32.5 Å². The minimum atomic E-state index is -0.729. The van der Waals surface area contributed by atoms with Crippen LogP contribution in [0.3, 0.4) is 0 Å². The zero-order valence-corrected chi connectivity index (χ0v) is 14.7. The molecule has 0 radical (unpaired) electrons. The summed E-state index contributed by atoms with van der Waals surface area (Å²) in [5, 5.41) is 19.7. The molecule has 2 aromatic heterocycles. The Morgan fingerprint density at radius 1 is 1.17 bits per heavy atom. The van der Waals surface area contributed by atoms with Crippen LogP contribution in [0.1, 0.15) is 12.8 Å². The molecule has 0 aliphatic carbocycles. The van der Waals surface area contributed by atoms with Crippen LogP contribution in [0.4, 0.5) is 5.69 Å². The molecule has 0 unspecified atom stereocenters. The average molecular weight is 388 g/mol. The normalized spacial score (nSPS) is 17.3. The number of hydrogen-bond donors (Lipinski definition) is 1. The van der Waals surface area contributed by atoms with Crippen molar-refractivity contribution in [3.8, 4) is 0 Å². The van der Waals surface area contributed by atoms with E-state index in [9.17, 15) is 5.11 Å². The molecule has 1 N–H and O–H groups in total. The number of fused-ring (bicyclic) bond motifs is 1. The highest BCUT2D eigenvalue weighted by Gasteiger charge is 2.33. The van der Waals surface area contributed by atoms with Gasteiger partial charge in [-0.25, -0.2) is 4.68 Å². The van der Waals surface area contributed by atoms with Crippen LogP contribution in [0, 0.1) is 0 Å². The second-order valence-electron chi connectivity index (χ2n) is 6.28. The summed E-state index contributed by atoms with van der Waals surface area (Å²) in [6.45, 7) is 2.09. The Hall–Kier alpha value is -1.99. The number of pyridine rings is 1. The fraction of sp³-hybridized carbons (Fsp3) is 0.353. The van der Waals surface area contributed by atoms with Crippen molar-refractivity contribution in [2.75, 3.05) is 18.0 Å². The molecule has 6 nitrogen and oxygen atoms in total. The quantitative estimate of drug-likeness (QED) is 0.747. The van der Waals surface area contributed by atoms with E-state index < -0.39 is 5.60 Å². The monoisotopic (exact) mass is 387 g/mol. The topological polar surface area (TPSA) is 67.1 Å². The van der Waals surface area contributed by atoms with Gasteiger partial charge in [0.25, 0.3) is 0 Å². The van der Waals surface area contributed by atoms with E-state index in [1.807, 2.05) is 18.3 Å². The smallest absolute Gasteiger partial charge is 0.0877 e. The lowest BCUT2D eigenvalue weighted by Crippen LogP contribution is -2.47. The predicted molar refractivity (Wildman–Crippen MR) is 95.9 cm³/mol. The number of nitrogens with zero attached hydrogens (tertiary/aromatic N) is 5. The third-order valence-corrected chi connectivity index (χ3v) is 5.30. The minimum Gasteiger partial charge on any atom is -0.388 e. The first-order valence-electron chi connectivity index (χ1n) is 7.99. The van der Waals surface area contributed by atoms with Gasteiger partial charge >= 0.3 is 0 Å². The van der Waals surface area contributed by atoms with Gasteiger partial charge < -0.3 is 10.0 Å². The van der Waals surface area contributed by atoms with Crippen molar-refractivity contribution in [1.29, 1.82) is 0 Å². The first-order chi connectivity index (χ1) is 11.6. The Kier molecular flexibility index (Phi) is 3.97. The number of halogens is 1. The number of piperidine rings is 1. The number of anilines is 1. The minimum absolute atomic E-state index is 0.490. The molecular weight excluding hydrogens is 370 g/mol. The Morgan fingerprint density at radius 2 is 2.00 bits per heavy atom. The van der Waals surface area contributed by atoms with Crippen LogP contribution in [0.15, 0.2) is 47.3 Å². The third-order valence-electron chi connectivity index (χ3n) is 4.66. The van der Waals surface area contributed by atoms with Crippen LogP contribution in [0.25, 0.3) is 10.9 Å². The number of aromatic nitrogens is 4. The van der Waals surface area contributed by atoms with Crippen LogP contribution in [0.2, 0.25) is 0 Å². The lowest BCUT2D eigenvalue weighted by atomic mass is 9.91. The van der Waals surface area contributed by atoms with Gasteiger partial charge in [-0.05, 0) is 40.9 Å². The van der Waals surface area contributed by atoms with E-state index in [4.69, 9.17) is 0 Å². The molecule has 0 amide bonds. The van der Waals surface area contributed by atoms with E-state index in [1.165, 1.54) is 5.69 Å². The maximum atomic E-state index is 10.8. The Labute approximate surface area is 148 Å². The van der Waals surface area contributed by atoms with Gasteiger partial charge in [0.15, 0.2) is 0 Å². The second kappa shape index (κ2) is 6.14. The fourth-order valence-corrected chi connectivity index (χ4v) is 3.81. The van der Waals surface area contributed by atoms with E-state index in [-0.39, 0.29) is 0 Å². The van der Waals surface area contributed by atoms with Crippen molar-refractivity contribution in [3.05, 3.63) is 47.3 Å². The van der Waals surface area contributed by atoms with Gasteiger partial charge in [-0.2, -0.15) is 0 Å². The van der Waals surface area contributed by atoms with Gasteiger partial charge in [-0.3, -0.25) is 4.98 Å². The van der Waals surface area contributed by atoms with E-state index in [2.05, 4.69) is 48.3 Å². The molecule has 124 valence electrons.